The summed E-state index contributed by atoms with van der Waals surface area (Å²) in [5.74, 6) is 1.03. The second kappa shape index (κ2) is 13.3. The lowest BCUT2D eigenvalue weighted by Gasteiger charge is -2.17. The summed E-state index contributed by atoms with van der Waals surface area (Å²) in [6, 6.07) is 24.2. The van der Waals surface area contributed by atoms with Gasteiger partial charge in [0, 0.05) is 33.3 Å². The van der Waals surface area contributed by atoms with Crippen LogP contribution in [0.4, 0.5) is 0 Å². The van der Waals surface area contributed by atoms with Gasteiger partial charge >= 0.3 is 0 Å². The second-order valence-electron chi connectivity index (χ2n) is 8.83. The minimum Gasteiger partial charge on any atom is -0.508 e. The first-order valence-electron chi connectivity index (χ1n) is 12.3. The molecule has 1 amide bonds. The fourth-order valence-corrected chi connectivity index (χ4v) is 3.88. The number of phenols is 1. The summed E-state index contributed by atoms with van der Waals surface area (Å²) in [5, 5.41) is 13.1. The summed E-state index contributed by atoms with van der Waals surface area (Å²) in [4.78, 5) is 13.1. The minimum atomic E-state index is -0.0255. The van der Waals surface area contributed by atoms with Gasteiger partial charge in [0.25, 0.3) is 0 Å². The molecule has 0 saturated heterocycles. The van der Waals surface area contributed by atoms with E-state index in [4.69, 9.17) is 4.74 Å². The largest absolute Gasteiger partial charge is 0.508 e. The van der Waals surface area contributed by atoms with Gasteiger partial charge in [0.2, 0.25) is 5.91 Å². The SMILES string of the molecule is CC/C(=C(\c1ccc(O)cc1)c1ccc(OCCNC/C=C/C(=O)N(C)C)cc1)c1ccc(C)cc1. The number of ether oxygens (including phenoxy) is 1. The lowest BCUT2D eigenvalue weighted by Crippen LogP contribution is -2.22. The van der Waals surface area contributed by atoms with Crippen LogP contribution in [0.5, 0.6) is 11.5 Å². The van der Waals surface area contributed by atoms with Crippen molar-refractivity contribution in [2.24, 2.45) is 0 Å². The van der Waals surface area contributed by atoms with Crippen LogP contribution in [0.2, 0.25) is 0 Å². The number of amides is 1. The molecule has 0 aliphatic carbocycles. The highest BCUT2D eigenvalue weighted by atomic mass is 16.5. The molecule has 0 aliphatic heterocycles. The van der Waals surface area contributed by atoms with E-state index in [2.05, 4.69) is 55.6 Å². The molecule has 0 fully saturated rings. The van der Waals surface area contributed by atoms with E-state index < -0.39 is 0 Å². The average molecular weight is 485 g/mol. The van der Waals surface area contributed by atoms with Crippen LogP contribution in [0.3, 0.4) is 0 Å². The van der Waals surface area contributed by atoms with Crippen LogP contribution in [0, 0.1) is 6.92 Å². The van der Waals surface area contributed by atoms with E-state index in [1.807, 2.05) is 30.3 Å². The van der Waals surface area contributed by atoms with Gasteiger partial charge in [-0.25, -0.2) is 0 Å². The zero-order valence-corrected chi connectivity index (χ0v) is 21.6. The first kappa shape index (κ1) is 26.8. The average Bonchev–Trinajstić information content (AvgIpc) is 2.88. The Hall–Kier alpha value is -3.83. The molecule has 0 heterocycles. The first-order chi connectivity index (χ1) is 17.4. The molecule has 0 aliphatic rings. The third-order valence-electron chi connectivity index (χ3n) is 5.87. The third kappa shape index (κ3) is 7.59. The van der Waals surface area contributed by atoms with Crippen molar-refractivity contribution >= 4 is 17.1 Å². The van der Waals surface area contributed by atoms with Gasteiger partial charge < -0.3 is 20.1 Å². The molecule has 0 atom stereocenters. The fraction of sp³-hybridized carbons (Fsp3) is 0.258. The van der Waals surface area contributed by atoms with Crippen molar-refractivity contribution in [3.8, 4) is 11.5 Å². The highest BCUT2D eigenvalue weighted by molar-refractivity contribution is 5.98. The zero-order chi connectivity index (χ0) is 25.9. The minimum absolute atomic E-state index is 0.0255. The number of rotatable bonds is 11. The van der Waals surface area contributed by atoms with Crippen LogP contribution in [0.1, 0.15) is 35.6 Å². The molecule has 3 aromatic carbocycles. The lowest BCUT2D eigenvalue weighted by molar-refractivity contribution is -0.123. The van der Waals surface area contributed by atoms with E-state index in [1.165, 1.54) is 21.6 Å². The fourth-order valence-electron chi connectivity index (χ4n) is 3.88. The molecule has 0 bridgehead atoms. The van der Waals surface area contributed by atoms with Gasteiger partial charge in [-0.1, -0.05) is 67.1 Å². The molecule has 0 radical (unpaired) electrons. The molecule has 188 valence electrons. The summed E-state index contributed by atoms with van der Waals surface area (Å²) in [6.07, 6.45) is 4.25. The van der Waals surface area contributed by atoms with Crippen molar-refractivity contribution in [3.05, 3.63) is 107 Å². The standard InChI is InChI=1S/C31H36N2O3/c1-5-29(24-10-8-23(2)9-11-24)31(25-12-16-27(34)17-13-25)26-14-18-28(19-15-26)36-22-21-32-20-6-7-30(35)33(3)4/h6-19,32,34H,5,20-22H2,1-4H3/b7-6+,31-29-. The number of aryl methyl sites for hydroxylation is 1. The molecular formula is C31H36N2O3. The van der Waals surface area contributed by atoms with Gasteiger partial charge in [0.1, 0.15) is 18.1 Å². The van der Waals surface area contributed by atoms with Gasteiger partial charge in [-0.2, -0.15) is 0 Å². The zero-order valence-electron chi connectivity index (χ0n) is 21.6. The van der Waals surface area contributed by atoms with Gasteiger partial charge in [-0.15, -0.1) is 0 Å². The molecule has 5 heteroatoms. The number of phenolic OH excluding ortho intramolecular Hbond substituents is 1. The van der Waals surface area contributed by atoms with Crippen LogP contribution in [-0.2, 0) is 4.79 Å². The smallest absolute Gasteiger partial charge is 0.245 e. The highest BCUT2D eigenvalue weighted by Crippen LogP contribution is 2.35. The molecule has 36 heavy (non-hydrogen) atoms. The van der Waals surface area contributed by atoms with E-state index in [0.29, 0.717) is 19.7 Å². The maximum atomic E-state index is 11.5. The molecule has 0 spiro atoms. The summed E-state index contributed by atoms with van der Waals surface area (Å²) in [5.41, 5.74) is 6.98. The Kier molecular flexibility index (Phi) is 9.90. The normalized spacial score (nSPS) is 11.9. The van der Waals surface area contributed by atoms with Crippen molar-refractivity contribution in [2.45, 2.75) is 20.3 Å². The van der Waals surface area contributed by atoms with Crippen molar-refractivity contribution in [1.82, 2.24) is 10.2 Å². The predicted octanol–water partition coefficient (Wildman–Crippen LogP) is 5.68. The molecule has 0 aromatic heterocycles. The molecule has 0 saturated carbocycles. The molecule has 3 aromatic rings. The van der Waals surface area contributed by atoms with Crippen LogP contribution in [-0.4, -0.2) is 49.7 Å². The molecule has 0 unspecified atom stereocenters. The number of nitrogens with one attached hydrogen (secondary N) is 1. The van der Waals surface area contributed by atoms with Crippen LogP contribution in [0.25, 0.3) is 11.1 Å². The Bertz CT molecular complexity index is 1180. The highest BCUT2D eigenvalue weighted by Gasteiger charge is 2.13. The monoisotopic (exact) mass is 484 g/mol. The number of carbonyl (C=O) groups is 1. The maximum absolute atomic E-state index is 11.5. The number of hydrogen-bond acceptors (Lipinski definition) is 4. The van der Waals surface area contributed by atoms with Crippen molar-refractivity contribution in [1.29, 1.82) is 0 Å². The Morgan fingerprint density at radius 2 is 1.50 bits per heavy atom. The Morgan fingerprint density at radius 1 is 0.917 bits per heavy atom. The van der Waals surface area contributed by atoms with E-state index in [1.54, 1.807) is 32.3 Å². The Morgan fingerprint density at radius 3 is 2.08 bits per heavy atom. The predicted molar refractivity (Wildman–Crippen MR) is 148 cm³/mol. The van der Waals surface area contributed by atoms with Crippen molar-refractivity contribution in [2.75, 3.05) is 33.8 Å². The molecule has 3 rings (SSSR count). The van der Waals surface area contributed by atoms with Crippen LogP contribution in [0.15, 0.2) is 84.9 Å². The van der Waals surface area contributed by atoms with E-state index >= 15 is 0 Å². The maximum Gasteiger partial charge on any atom is 0.245 e. The number of aromatic hydroxyl groups is 1. The number of allylic oxidation sites excluding steroid dienone is 1. The van der Waals surface area contributed by atoms with E-state index in [9.17, 15) is 9.90 Å². The first-order valence-corrected chi connectivity index (χ1v) is 12.3. The Labute approximate surface area is 214 Å². The number of benzene rings is 3. The number of hydrogen-bond donors (Lipinski definition) is 2. The van der Waals surface area contributed by atoms with Gasteiger partial charge in [-0.05, 0) is 65.4 Å². The summed E-state index contributed by atoms with van der Waals surface area (Å²) >= 11 is 0. The van der Waals surface area contributed by atoms with Crippen molar-refractivity contribution in [3.63, 3.8) is 0 Å². The number of carbonyl (C=O) groups excluding carboxylic acids is 1. The van der Waals surface area contributed by atoms with Gasteiger partial charge in [0.05, 0.1) is 0 Å². The molecular weight excluding hydrogens is 448 g/mol. The Balaban J connectivity index is 1.73. The van der Waals surface area contributed by atoms with Gasteiger partial charge in [0.15, 0.2) is 0 Å². The molecule has 5 nitrogen and oxygen atoms in total. The third-order valence-corrected chi connectivity index (χ3v) is 5.87. The summed E-state index contributed by atoms with van der Waals surface area (Å²) in [7, 11) is 3.46. The summed E-state index contributed by atoms with van der Waals surface area (Å²) < 4.78 is 5.90. The van der Waals surface area contributed by atoms with E-state index in [0.717, 1.165) is 28.9 Å². The molecule has 2 N–H and O–H groups in total. The van der Waals surface area contributed by atoms with Crippen molar-refractivity contribution < 1.29 is 14.6 Å². The van der Waals surface area contributed by atoms with Crippen LogP contribution < -0.4 is 10.1 Å². The topological polar surface area (TPSA) is 61.8 Å². The number of likely N-dealkylation sites (N-methyl/N-ethyl adjacent to an activating group) is 1. The van der Waals surface area contributed by atoms with E-state index in [-0.39, 0.29) is 11.7 Å². The quantitative estimate of drug-likeness (QED) is 0.209. The lowest BCUT2D eigenvalue weighted by atomic mass is 9.88. The second-order valence-corrected chi connectivity index (χ2v) is 8.83. The van der Waals surface area contributed by atoms with Crippen LogP contribution >= 0.6 is 0 Å². The van der Waals surface area contributed by atoms with Gasteiger partial charge in [-0.3, -0.25) is 4.79 Å². The number of nitrogens with zero attached hydrogens (tertiary/aromatic N) is 1. The summed E-state index contributed by atoms with van der Waals surface area (Å²) in [6.45, 7) is 6.08.